The molecule has 0 spiro atoms. The van der Waals surface area contributed by atoms with Crippen molar-refractivity contribution in [2.45, 2.75) is 6.04 Å². The summed E-state index contributed by atoms with van der Waals surface area (Å²) in [5.41, 5.74) is 0. The molecule has 1 aliphatic heterocycles. The number of aliphatic hydroxyl groups is 1. The highest BCUT2D eigenvalue weighted by atomic mass is 16.4. The Morgan fingerprint density at radius 3 is 2.29 bits per heavy atom. The molecular weight excluding hydrogens is 192 g/mol. The first-order valence-electron chi connectivity index (χ1n) is 4.14. The van der Waals surface area contributed by atoms with Crippen molar-refractivity contribution in [3.63, 3.8) is 0 Å². The monoisotopic (exact) mass is 204 g/mol. The minimum atomic E-state index is -1.13. The van der Waals surface area contributed by atoms with Gasteiger partial charge in [0.15, 0.2) is 0 Å². The topological polar surface area (TPSA) is 101 Å². The van der Waals surface area contributed by atoms with Gasteiger partial charge in [-0.2, -0.15) is 0 Å². The molecule has 1 fully saturated rings. The molecule has 1 atom stereocenters. The maximum absolute atomic E-state index is 10.6. The average molecular weight is 204 g/mol. The molecule has 80 valence electrons. The summed E-state index contributed by atoms with van der Waals surface area (Å²) in [6.45, 7) is -0.0841. The lowest BCUT2D eigenvalue weighted by atomic mass is 10.2. The molecule has 1 saturated heterocycles. The molecule has 3 N–H and O–H groups in total. The molecule has 0 aromatic carbocycles. The minimum Gasteiger partial charge on any atom is -0.465 e. The van der Waals surface area contributed by atoms with E-state index in [2.05, 4.69) is 0 Å². The summed E-state index contributed by atoms with van der Waals surface area (Å²) in [6, 6.07) is -0.655. The van der Waals surface area contributed by atoms with Crippen LogP contribution in [0.2, 0.25) is 0 Å². The predicted molar refractivity (Wildman–Crippen MR) is 45.2 cm³/mol. The number of rotatable bonds is 1. The SMILES string of the molecule is O=C(O)N1CCN(C(=O)O)[C@H](CO)C1. The summed E-state index contributed by atoms with van der Waals surface area (Å²) in [5.74, 6) is 0. The van der Waals surface area contributed by atoms with Crippen LogP contribution in [0.4, 0.5) is 9.59 Å². The van der Waals surface area contributed by atoms with Crippen molar-refractivity contribution < 1.29 is 24.9 Å². The number of hydrogen-bond acceptors (Lipinski definition) is 3. The van der Waals surface area contributed by atoms with Crippen LogP contribution in [0.5, 0.6) is 0 Å². The fourth-order valence-electron chi connectivity index (χ4n) is 1.44. The lowest BCUT2D eigenvalue weighted by molar-refractivity contribution is 0.0418. The second kappa shape index (κ2) is 4.14. The maximum Gasteiger partial charge on any atom is 0.407 e. The third-order valence-electron chi connectivity index (χ3n) is 2.21. The van der Waals surface area contributed by atoms with E-state index in [0.717, 1.165) is 9.80 Å². The van der Waals surface area contributed by atoms with Crippen molar-refractivity contribution in [1.29, 1.82) is 0 Å². The third-order valence-corrected chi connectivity index (χ3v) is 2.21. The quantitative estimate of drug-likeness (QED) is 0.525. The third kappa shape index (κ3) is 2.05. The van der Waals surface area contributed by atoms with Gasteiger partial charge in [0.05, 0.1) is 12.6 Å². The zero-order valence-electron chi connectivity index (χ0n) is 7.46. The summed E-state index contributed by atoms with van der Waals surface area (Å²) < 4.78 is 0. The Morgan fingerprint density at radius 1 is 1.21 bits per heavy atom. The van der Waals surface area contributed by atoms with Crippen molar-refractivity contribution in [2.75, 3.05) is 26.2 Å². The summed E-state index contributed by atoms with van der Waals surface area (Å²) in [4.78, 5) is 23.4. The molecule has 2 amide bonds. The molecule has 1 aliphatic rings. The molecule has 7 nitrogen and oxygen atoms in total. The van der Waals surface area contributed by atoms with Crippen molar-refractivity contribution >= 4 is 12.2 Å². The Bertz CT molecular complexity index is 244. The van der Waals surface area contributed by atoms with E-state index in [1.807, 2.05) is 0 Å². The normalized spacial score (nSPS) is 22.2. The molecule has 1 heterocycles. The van der Waals surface area contributed by atoms with Crippen LogP contribution in [-0.4, -0.2) is 69.6 Å². The van der Waals surface area contributed by atoms with E-state index >= 15 is 0 Å². The van der Waals surface area contributed by atoms with E-state index in [-0.39, 0.29) is 26.2 Å². The van der Waals surface area contributed by atoms with E-state index < -0.39 is 18.2 Å². The van der Waals surface area contributed by atoms with Crippen molar-refractivity contribution in [3.8, 4) is 0 Å². The zero-order valence-corrected chi connectivity index (χ0v) is 7.46. The van der Waals surface area contributed by atoms with Gasteiger partial charge in [-0.15, -0.1) is 0 Å². The number of piperazine rings is 1. The van der Waals surface area contributed by atoms with E-state index in [0.29, 0.717) is 0 Å². The van der Waals surface area contributed by atoms with Gasteiger partial charge in [-0.1, -0.05) is 0 Å². The van der Waals surface area contributed by atoms with Crippen molar-refractivity contribution in [1.82, 2.24) is 9.80 Å². The van der Waals surface area contributed by atoms with E-state index in [4.69, 9.17) is 15.3 Å². The Kier molecular flexibility index (Phi) is 3.13. The Balaban J connectivity index is 2.63. The number of carbonyl (C=O) groups is 2. The van der Waals surface area contributed by atoms with E-state index in [9.17, 15) is 9.59 Å². The molecule has 0 radical (unpaired) electrons. The van der Waals surface area contributed by atoms with Gasteiger partial charge < -0.3 is 20.2 Å². The van der Waals surface area contributed by atoms with Crippen LogP contribution in [0.25, 0.3) is 0 Å². The Labute approximate surface area is 80.1 Å². The van der Waals surface area contributed by atoms with Gasteiger partial charge in [0.2, 0.25) is 0 Å². The molecule has 14 heavy (non-hydrogen) atoms. The Morgan fingerprint density at radius 2 is 1.86 bits per heavy atom. The van der Waals surface area contributed by atoms with Crippen LogP contribution >= 0.6 is 0 Å². The number of amides is 2. The first-order chi connectivity index (χ1) is 6.56. The molecule has 0 saturated carbocycles. The highest BCUT2D eigenvalue weighted by Crippen LogP contribution is 2.09. The van der Waals surface area contributed by atoms with E-state index in [1.165, 1.54) is 0 Å². The van der Waals surface area contributed by atoms with Gasteiger partial charge >= 0.3 is 12.2 Å². The largest absolute Gasteiger partial charge is 0.465 e. The van der Waals surface area contributed by atoms with Crippen molar-refractivity contribution in [2.24, 2.45) is 0 Å². The van der Waals surface area contributed by atoms with Crippen LogP contribution in [0.3, 0.4) is 0 Å². The molecule has 7 heteroatoms. The summed E-state index contributed by atoms with van der Waals surface area (Å²) >= 11 is 0. The molecule has 1 rings (SSSR count). The fraction of sp³-hybridized carbons (Fsp3) is 0.714. The number of carboxylic acid groups (broad SMARTS) is 2. The van der Waals surface area contributed by atoms with Gasteiger partial charge in [0.25, 0.3) is 0 Å². The summed E-state index contributed by atoms with van der Waals surface area (Å²) in [6.07, 6.45) is -2.22. The summed E-state index contributed by atoms with van der Waals surface area (Å²) in [5, 5.41) is 26.3. The number of hydrogen-bond donors (Lipinski definition) is 3. The van der Waals surface area contributed by atoms with Crippen LogP contribution in [0.15, 0.2) is 0 Å². The highest BCUT2D eigenvalue weighted by Gasteiger charge is 2.31. The molecular formula is C7H12N2O5. The molecule has 0 bridgehead atoms. The smallest absolute Gasteiger partial charge is 0.407 e. The summed E-state index contributed by atoms with van der Waals surface area (Å²) in [7, 11) is 0. The lowest BCUT2D eigenvalue weighted by Crippen LogP contribution is -2.57. The first-order valence-corrected chi connectivity index (χ1v) is 4.14. The van der Waals surface area contributed by atoms with Crippen molar-refractivity contribution in [3.05, 3.63) is 0 Å². The van der Waals surface area contributed by atoms with Gasteiger partial charge in [-0.25, -0.2) is 9.59 Å². The second-order valence-corrected chi connectivity index (χ2v) is 3.04. The van der Waals surface area contributed by atoms with Gasteiger partial charge in [0, 0.05) is 19.6 Å². The number of aliphatic hydroxyl groups excluding tert-OH is 1. The highest BCUT2D eigenvalue weighted by molar-refractivity contribution is 5.68. The Hall–Kier alpha value is -1.50. The van der Waals surface area contributed by atoms with Crippen LogP contribution in [-0.2, 0) is 0 Å². The minimum absolute atomic E-state index is 0.0259. The van der Waals surface area contributed by atoms with Crippen LogP contribution in [0, 0.1) is 0 Å². The van der Waals surface area contributed by atoms with Crippen LogP contribution < -0.4 is 0 Å². The average Bonchev–Trinajstić information content (AvgIpc) is 2.16. The van der Waals surface area contributed by atoms with Crippen LogP contribution in [0.1, 0.15) is 0 Å². The number of nitrogens with zero attached hydrogens (tertiary/aromatic N) is 2. The lowest BCUT2D eigenvalue weighted by Gasteiger charge is -2.37. The predicted octanol–water partition coefficient (Wildman–Crippen LogP) is -0.679. The fourth-order valence-corrected chi connectivity index (χ4v) is 1.44. The van der Waals surface area contributed by atoms with Gasteiger partial charge in [-0.3, -0.25) is 4.90 Å². The zero-order chi connectivity index (χ0) is 10.7. The molecule has 0 aromatic rings. The maximum atomic E-state index is 10.6. The van der Waals surface area contributed by atoms with Gasteiger partial charge in [-0.05, 0) is 0 Å². The van der Waals surface area contributed by atoms with E-state index in [1.54, 1.807) is 0 Å². The first kappa shape index (κ1) is 10.6. The van der Waals surface area contributed by atoms with Gasteiger partial charge in [0.1, 0.15) is 0 Å². The molecule has 0 aliphatic carbocycles. The second-order valence-electron chi connectivity index (χ2n) is 3.04. The molecule has 0 aromatic heterocycles. The standard InChI is InChI=1S/C7H12N2O5/c10-4-5-3-8(6(11)12)1-2-9(5)7(13)14/h5,10H,1-4H2,(H,11,12)(H,13,14)/t5-/m0/s1. The molecule has 0 unspecified atom stereocenters.